The fourth-order valence-electron chi connectivity index (χ4n) is 1.20. The molecule has 0 aromatic carbocycles. The van der Waals surface area contributed by atoms with E-state index >= 15 is 0 Å². The molecule has 1 unspecified atom stereocenters. The summed E-state index contributed by atoms with van der Waals surface area (Å²) < 4.78 is 0. The molecule has 1 atom stereocenters. The number of aliphatic carboxylic acids is 1. The fourth-order valence-corrected chi connectivity index (χ4v) is 1.58. The quantitative estimate of drug-likeness (QED) is 0.900. The second-order valence-electron chi connectivity index (χ2n) is 3.46. The van der Waals surface area contributed by atoms with Gasteiger partial charge in [-0.05, 0) is 0 Å². The second-order valence-corrected chi connectivity index (χ2v) is 4.21. The summed E-state index contributed by atoms with van der Waals surface area (Å²) in [4.78, 5) is 12.4. The second kappa shape index (κ2) is 5.32. The van der Waals surface area contributed by atoms with E-state index in [2.05, 4.69) is 10.2 Å². The van der Waals surface area contributed by atoms with Crippen molar-refractivity contribution in [2.75, 3.05) is 18.5 Å². The molecule has 0 saturated heterocycles. The van der Waals surface area contributed by atoms with E-state index in [0.717, 1.165) is 0 Å². The summed E-state index contributed by atoms with van der Waals surface area (Å²) in [6, 6.07) is 1.55. The van der Waals surface area contributed by atoms with Crippen LogP contribution in [0.25, 0.3) is 0 Å². The van der Waals surface area contributed by atoms with Crippen molar-refractivity contribution in [1.29, 1.82) is 0 Å². The maximum Gasteiger partial charge on any atom is 0.308 e. The Labute approximate surface area is 103 Å². The van der Waals surface area contributed by atoms with Gasteiger partial charge in [-0.3, -0.25) is 4.79 Å². The van der Waals surface area contributed by atoms with Gasteiger partial charge in [0.15, 0.2) is 10.3 Å². The topological polar surface area (TPSA) is 66.3 Å². The van der Waals surface area contributed by atoms with E-state index in [-0.39, 0.29) is 10.3 Å². The van der Waals surface area contributed by atoms with Crippen molar-refractivity contribution in [2.24, 2.45) is 5.92 Å². The SMILES string of the molecule is CC(CN(C)c1cc(Cl)nnc1Cl)C(=O)O. The van der Waals surface area contributed by atoms with Crippen molar-refractivity contribution in [3.8, 4) is 0 Å². The fraction of sp³-hybridized carbons (Fsp3) is 0.444. The Hall–Kier alpha value is -1.07. The highest BCUT2D eigenvalue weighted by atomic mass is 35.5. The molecule has 0 radical (unpaired) electrons. The molecule has 5 nitrogen and oxygen atoms in total. The predicted octanol–water partition coefficient (Wildman–Crippen LogP) is 1.94. The molecule has 0 aliphatic rings. The van der Waals surface area contributed by atoms with Crippen LogP contribution in [0.15, 0.2) is 6.07 Å². The van der Waals surface area contributed by atoms with Crippen LogP contribution >= 0.6 is 23.2 Å². The van der Waals surface area contributed by atoms with Crippen LogP contribution in [0.4, 0.5) is 5.69 Å². The molecule has 0 aliphatic carbocycles. The van der Waals surface area contributed by atoms with Crippen molar-refractivity contribution in [3.63, 3.8) is 0 Å². The summed E-state index contributed by atoms with van der Waals surface area (Å²) in [5, 5.41) is 16.4. The molecule has 0 aliphatic heterocycles. The monoisotopic (exact) mass is 263 g/mol. The summed E-state index contributed by atoms with van der Waals surface area (Å²) in [6.07, 6.45) is 0. The van der Waals surface area contributed by atoms with Gasteiger partial charge in [-0.15, -0.1) is 10.2 Å². The number of carboxylic acids is 1. The zero-order valence-corrected chi connectivity index (χ0v) is 10.3. The summed E-state index contributed by atoms with van der Waals surface area (Å²) in [6.45, 7) is 1.93. The van der Waals surface area contributed by atoms with E-state index in [0.29, 0.717) is 12.2 Å². The minimum Gasteiger partial charge on any atom is -0.481 e. The smallest absolute Gasteiger partial charge is 0.308 e. The third-order valence-corrected chi connectivity index (χ3v) is 2.53. The third-order valence-electron chi connectivity index (χ3n) is 2.08. The minimum absolute atomic E-state index is 0.199. The van der Waals surface area contributed by atoms with Crippen LogP contribution in [0.3, 0.4) is 0 Å². The molecular formula is C9H11Cl2N3O2. The molecule has 0 saturated carbocycles. The highest BCUT2D eigenvalue weighted by Crippen LogP contribution is 2.24. The van der Waals surface area contributed by atoms with E-state index in [1.54, 1.807) is 24.9 Å². The molecule has 1 aromatic heterocycles. The van der Waals surface area contributed by atoms with Gasteiger partial charge in [0.1, 0.15) is 0 Å². The van der Waals surface area contributed by atoms with Crippen molar-refractivity contribution < 1.29 is 9.90 Å². The number of nitrogens with zero attached hydrogens (tertiary/aromatic N) is 3. The van der Waals surface area contributed by atoms with Gasteiger partial charge in [-0.25, -0.2) is 0 Å². The number of rotatable bonds is 4. The number of halogens is 2. The van der Waals surface area contributed by atoms with E-state index in [9.17, 15) is 4.79 Å². The average Bonchev–Trinajstić information content (AvgIpc) is 2.21. The number of aromatic nitrogens is 2. The first kappa shape index (κ1) is 13.0. The molecule has 16 heavy (non-hydrogen) atoms. The zero-order valence-electron chi connectivity index (χ0n) is 8.81. The van der Waals surface area contributed by atoms with Gasteiger partial charge in [0, 0.05) is 19.7 Å². The lowest BCUT2D eigenvalue weighted by molar-refractivity contribution is -0.140. The van der Waals surface area contributed by atoms with Gasteiger partial charge < -0.3 is 10.0 Å². The van der Waals surface area contributed by atoms with Crippen LogP contribution in [0.5, 0.6) is 0 Å². The number of carbonyl (C=O) groups is 1. The summed E-state index contributed by atoms with van der Waals surface area (Å²) in [5.41, 5.74) is 0.565. The van der Waals surface area contributed by atoms with Gasteiger partial charge in [0.25, 0.3) is 0 Å². The highest BCUT2D eigenvalue weighted by Gasteiger charge is 2.16. The number of anilines is 1. The lowest BCUT2D eigenvalue weighted by atomic mass is 10.2. The Kier molecular flexibility index (Phi) is 4.32. The van der Waals surface area contributed by atoms with Gasteiger partial charge in [0.05, 0.1) is 11.6 Å². The van der Waals surface area contributed by atoms with Crippen LogP contribution in [0.1, 0.15) is 6.92 Å². The van der Waals surface area contributed by atoms with Gasteiger partial charge in [-0.1, -0.05) is 30.1 Å². The maximum atomic E-state index is 10.7. The molecule has 0 amide bonds. The minimum atomic E-state index is -0.865. The molecule has 7 heteroatoms. The van der Waals surface area contributed by atoms with Crippen molar-refractivity contribution in [1.82, 2.24) is 10.2 Å². The Bertz CT molecular complexity index is 400. The Morgan fingerprint density at radius 1 is 1.56 bits per heavy atom. The Balaban J connectivity index is 2.83. The van der Waals surface area contributed by atoms with Gasteiger partial charge >= 0.3 is 5.97 Å². The lowest BCUT2D eigenvalue weighted by Gasteiger charge is -2.21. The summed E-state index contributed by atoms with van der Waals surface area (Å²) >= 11 is 11.5. The summed E-state index contributed by atoms with van der Waals surface area (Å²) in [5.74, 6) is -1.37. The van der Waals surface area contributed by atoms with Crippen molar-refractivity contribution in [2.45, 2.75) is 6.92 Å². The molecule has 0 bridgehead atoms. The van der Waals surface area contributed by atoms with E-state index in [4.69, 9.17) is 28.3 Å². The molecule has 0 fully saturated rings. The van der Waals surface area contributed by atoms with Crippen molar-refractivity contribution in [3.05, 3.63) is 16.4 Å². The number of hydrogen-bond acceptors (Lipinski definition) is 4. The third kappa shape index (κ3) is 3.21. The standard InChI is InChI=1S/C9H11Cl2N3O2/c1-5(9(15)16)4-14(2)6-3-7(10)12-13-8(6)11/h3,5H,4H2,1-2H3,(H,15,16). The molecule has 88 valence electrons. The highest BCUT2D eigenvalue weighted by molar-refractivity contribution is 6.33. The Morgan fingerprint density at radius 3 is 2.75 bits per heavy atom. The largest absolute Gasteiger partial charge is 0.481 e. The normalized spacial score (nSPS) is 12.2. The van der Waals surface area contributed by atoms with Gasteiger partial charge in [-0.2, -0.15) is 0 Å². The van der Waals surface area contributed by atoms with E-state index < -0.39 is 11.9 Å². The van der Waals surface area contributed by atoms with E-state index in [1.807, 2.05) is 0 Å². The Morgan fingerprint density at radius 2 is 2.19 bits per heavy atom. The molecule has 1 aromatic rings. The first-order valence-corrected chi connectivity index (χ1v) is 5.30. The molecular weight excluding hydrogens is 253 g/mol. The summed E-state index contributed by atoms with van der Waals surface area (Å²) in [7, 11) is 1.72. The molecule has 1 N–H and O–H groups in total. The van der Waals surface area contributed by atoms with Crippen LogP contribution in [0, 0.1) is 5.92 Å². The molecule has 0 spiro atoms. The van der Waals surface area contributed by atoms with Crippen LogP contribution in [-0.2, 0) is 4.79 Å². The van der Waals surface area contributed by atoms with Crippen LogP contribution in [0.2, 0.25) is 10.3 Å². The van der Waals surface area contributed by atoms with Gasteiger partial charge in [0.2, 0.25) is 0 Å². The number of carboxylic acid groups (broad SMARTS) is 1. The van der Waals surface area contributed by atoms with Crippen LogP contribution in [-0.4, -0.2) is 34.9 Å². The van der Waals surface area contributed by atoms with Crippen molar-refractivity contribution >= 4 is 34.9 Å². The molecule has 1 heterocycles. The van der Waals surface area contributed by atoms with Crippen LogP contribution < -0.4 is 4.90 Å². The first-order valence-electron chi connectivity index (χ1n) is 4.54. The maximum absolute atomic E-state index is 10.7. The molecule has 1 rings (SSSR count). The average molecular weight is 264 g/mol. The first-order chi connectivity index (χ1) is 7.41. The number of hydrogen-bond donors (Lipinski definition) is 1. The zero-order chi connectivity index (χ0) is 12.3. The lowest BCUT2D eigenvalue weighted by Crippen LogP contribution is -2.28. The predicted molar refractivity (Wildman–Crippen MR) is 62.1 cm³/mol. The van der Waals surface area contributed by atoms with E-state index in [1.165, 1.54) is 0 Å².